The number of pyridine rings is 1. The van der Waals surface area contributed by atoms with Crippen LogP contribution in [0.4, 0.5) is 11.5 Å². The molecule has 6 nitrogen and oxygen atoms in total. The zero-order valence-corrected chi connectivity index (χ0v) is 15.0. The first kappa shape index (κ1) is 18.3. The van der Waals surface area contributed by atoms with Crippen molar-refractivity contribution >= 4 is 11.5 Å². The topological polar surface area (TPSA) is 103 Å². The van der Waals surface area contributed by atoms with Gasteiger partial charge in [0.2, 0.25) is 0 Å². The predicted octanol–water partition coefficient (Wildman–Crippen LogP) is 2.97. The van der Waals surface area contributed by atoms with E-state index in [1.807, 2.05) is 54.6 Å². The summed E-state index contributed by atoms with van der Waals surface area (Å²) in [4.78, 5) is 4.01. The molecule has 1 heterocycles. The molecule has 0 fully saturated rings. The van der Waals surface area contributed by atoms with E-state index in [9.17, 15) is 0 Å². The number of aromatic nitrogens is 1. The lowest BCUT2D eigenvalue weighted by molar-refractivity contribution is 0.306. The lowest BCUT2D eigenvalue weighted by Gasteiger charge is -2.16. The summed E-state index contributed by atoms with van der Waals surface area (Å²) in [5.41, 5.74) is 15.3. The Morgan fingerprint density at radius 1 is 0.963 bits per heavy atom. The van der Waals surface area contributed by atoms with Crippen LogP contribution in [-0.4, -0.2) is 4.98 Å². The van der Waals surface area contributed by atoms with Gasteiger partial charge < -0.3 is 16.2 Å². The van der Waals surface area contributed by atoms with Crippen molar-refractivity contribution in [3.63, 3.8) is 0 Å². The molecular weight excluding hydrogens is 338 g/mol. The Hall–Kier alpha value is -3.51. The minimum Gasteiger partial charge on any atom is -0.489 e. The second-order valence-corrected chi connectivity index (χ2v) is 6.11. The maximum atomic E-state index is 6.11. The first-order valence-electron chi connectivity index (χ1n) is 8.58. The zero-order chi connectivity index (χ0) is 19.1. The number of hydrogen-bond acceptors (Lipinski definition) is 6. The SMILES string of the molecule is N/C(=C\N(N)c1cccnc1N)Cc1ccc(OCc2ccccc2)cc1. The monoisotopic (exact) mass is 361 g/mol. The summed E-state index contributed by atoms with van der Waals surface area (Å²) in [5, 5.41) is 1.38. The summed E-state index contributed by atoms with van der Waals surface area (Å²) in [7, 11) is 0. The number of nitrogen functional groups attached to an aromatic ring is 1. The Morgan fingerprint density at radius 3 is 2.41 bits per heavy atom. The van der Waals surface area contributed by atoms with Crippen molar-refractivity contribution in [3.8, 4) is 5.75 Å². The molecule has 6 heteroatoms. The number of hydrazine groups is 1. The molecule has 138 valence electrons. The van der Waals surface area contributed by atoms with E-state index in [1.165, 1.54) is 5.01 Å². The molecule has 0 amide bonds. The minimum atomic E-state index is 0.351. The fourth-order valence-electron chi connectivity index (χ4n) is 2.60. The highest BCUT2D eigenvalue weighted by Gasteiger charge is 2.05. The number of rotatable bonds is 7. The van der Waals surface area contributed by atoms with Gasteiger partial charge >= 0.3 is 0 Å². The van der Waals surface area contributed by atoms with Crippen LogP contribution in [-0.2, 0) is 13.0 Å². The predicted molar refractivity (Wildman–Crippen MR) is 109 cm³/mol. The van der Waals surface area contributed by atoms with Gasteiger partial charge in [-0.05, 0) is 35.4 Å². The Bertz CT molecular complexity index is 894. The van der Waals surface area contributed by atoms with E-state index in [2.05, 4.69) is 4.98 Å². The van der Waals surface area contributed by atoms with Crippen LogP contribution in [0.3, 0.4) is 0 Å². The third-order valence-electron chi connectivity index (χ3n) is 3.98. The van der Waals surface area contributed by atoms with Gasteiger partial charge in [0.1, 0.15) is 18.2 Å². The standard InChI is InChI=1S/C21H23N5O/c22-18(14-26(24)20-7-4-12-25-21(20)23)13-16-8-10-19(11-9-16)27-15-17-5-2-1-3-6-17/h1-12,14H,13,15,22,24H2,(H2,23,25)/b18-14-. The van der Waals surface area contributed by atoms with Crippen molar-refractivity contribution < 1.29 is 4.74 Å². The average Bonchev–Trinajstić information content (AvgIpc) is 2.68. The first-order chi connectivity index (χ1) is 13.1. The molecule has 0 radical (unpaired) electrons. The highest BCUT2D eigenvalue weighted by atomic mass is 16.5. The Morgan fingerprint density at radius 2 is 1.70 bits per heavy atom. The zero-order valence-electron chi connectivity index (χ0n) is 15.0. The molecule has 0 saturated carbocycles. The molecule has 0 saturated heterocycles. The number of hydrogen-bond donors (Lipinski definition) is 3. The van der Waals surface area contributed by atoms with E-state index in [0.29, 0.717) is 30.2 Å². The highest BCUT2D eigenvalue weighted by Crippen LogP contribution is 2.19. The maximum Gasteiger partial charge on any atom is 0.148 e. The van der Waals surface area contributed by atoms with E-state index in [0.717, 1.165) is 16.9 Å². The summed E-state index contributed by atoms with van der Waals surface area (Å²) in [6.45, 7) is 0.539. The van der Waals surface area contributed by atoms with Crippen molar-refractivity contribution in [2.24, 2.45) is 11.6 Å². The average molecular weight is 361 g/mol. The summed E-state index contributed by atoms with van der Waals surface area (Å²) in [6, 6.07) is 21.4. The summed E-state index contributed by atoms with van der Waals surface area (Å²) in [6.07, 6.45) is 3.82. The highest BCUT2D eigenvalue weighted by molar-refractivity contribution is 5.63. The van der Waals surface area contributed by atoms with Crippen LogP contribution in [0.5, 0.6) is 5.75 Å². The molecule has 1 aromatic heterocycles. The molecule has 3 rings (SSSR count). The Balaban J connectivity index is 1.58. The van der Waals surface area contributed by atoms with Gasteiger partial charge in [0, 0.05) is 24.5 Å². The Kier molecular flexibility index (Phi) is 5.91. The number of nitrogens with zero attached hydrogens (tertiary/aromatic N) is 2. The fourth-order valence-corrected chi connectivity index (χ4v) is 2.60. The molecule has 0 unspecified atom stereocenters. The second kappa shape index (κ2) is 8.73. The first-order valence-corrected chi connectivity index (χ1v) is 8.58. The van der Waals surface area contributed by atoms with Crippen molar-refractivity contribution in [1.82, 2.24) is 4.98 Å². The fraction of sp³-hybridized carbons (Fsp3) is 0.0952. The quantitative estimate of drug-likeness (QED) is 0.441. The molecule has 27 heavy (non-hydrogen) atoms. The second-order valence-electron chi connectivity index (χ2n) is 6.11. The van der Waals surface area contributed by atoms with E-state index in [4.69, 9.17) is 22.0 Å². The van der Waals surface area contributed by atoms with Gasteiger partial charge in [0.15, 0.2) is 0 Å². The molecule has 0 aliphatic heterocycles. The molecule has 6 N–H and O–H groups in total. The van der Waals surface area contributed by atoms with Crippen LogP contribution in [0, 0.1) is 0 Å². The number of ether oxygens (including phenoxy) is 1. The van der Waals surface area contributed by atoms with Crippen molar-refractivity contribution in [1.29, 1.82) is 0 Å². The van der Waals surface area contributed by atoms with Gasteiger partial charge in [-0.3, -0.25) is 5.01 Å². The van der Waals surface area contributed by atoms with Crippen LogP contribution in [0.15, 0.2) is 84.8 Å². The number of anilines is 2. The minimum absolute atomic E-state index is 0.351. The molecule has 2 aromatic carbocycles. The van der Waals surface area contributed by atoms with Crippen LogP contribution >= 0.6 is 0 Å². The van der Waals surface area contributed by atoms with Crippen LogP contribution in [0.1, 0.15) is 11.1 Å². The van der Waals surface area contributed by atoms with E-state index >= 15 is 0 Å². The van der Waals surface area contributed by atoms with Crippen LogP contribution in [0.2, 0.25) is 0 Å². The molecule has 3 aromatic rings. The van der Waals surface area contributed by atoms with Gasteiger partial charge in [0.25, 0.3) is 0 Å². The molecule has 0 spiro atoms. The lowest BCUT2D eigenvalue weighted by atomic mass is 10.1. The normalized spacial score (nSPS) is 11.2. The molecule has 0 aliphatic rings. The van der Waals surface area contributed by atoms with E-state index in [1.54, 1.807) is 24.5 Å². The van der Waals surface area contributed by atoms with Gasteiger partial charge in [-0.25, -0.2) is 10.8 Å². The lowest BCUT2D eigenvalue weighted by Crippen LogP contribution is -2.27. The Labute approximate surface area is 158 Å². The number of benzene rings is 2. The van der Waals surface area contributed by atoms with Crippen molar-refractivity contribution in [2.75, 3.05) is 10.7 Å². The van der Waals surface area contributed by atoms with Gasteiger partial charge in [-0.1, -0.05) is 42.5 Å². The van der Waals surface area contributed by atoms with Crippen LogP contribution in [0.25, 0.3) is 0 Å². The maximum absolute atomic E-state index is 6.11. The summed E-state index contributed by atoms with van der Waals surface area (Å²) < 4.78 is 5.79. The third kappa shape index (κ3) is 5.23. The smallest absolute Gasteiger partial charge is 0.148 e. The molecular formula is C21H23N5O. The van der Waals surface area contributed by atoms with Crippen molar-refractivity contribution in [2.45, 2.75) is 13.0 Å². The van der Waals surface area contributed by atoms with E-state index in [-0.39, 0.29) is 0 Å². The third-order valence-corrected chi connectivity index (χ3v) is 3.98. The van der Waals surface area contributed by atoms with Crippen molar-refractivity contribution in [3.05, 3.63) is 96.0 Å². The molecule has 0 atom stereocenters. The van der Waals surface area contributed by atoms with Gasteiger partial charge in [-0.2, -0.15) is 0 Å². The molecule has 0 aliphatic carbocycles. The largest absolute Gasteiger partial charge is 0.489 e. The van der Waals surface area contributed by atoms with E-state index < -0.39 is 0 Å². The van der Waals surface area contributed by atoms with Gasteiger partial charge in [-0.15, -0.1) is 0 Å². The summed E-state index contributed by atoms with van der Waals surface area (Å²) in [5.74, 6) is 7.17. The molecule has 0 bridgehead atoms. The van der Waals surface area contributed by atoms with Gasteiger partial charge in [0.05, 0.1) is 5.69 Å². The summed E-state index contributed by atoms with van der Waals surface area (Å²) >= 11 is 0. The van der Waals surface area contributed by atoms with Crippen LogP contribution < -0.4 is 27.1 Å². The number of allylic oxidation sites excluding steroid dienone is 1. The number of nitrogens with two attached hydrogens (primary N) is 3.